The third-order valence-corrected chi connectivity index (χ3v) is 18.3. The van der Waals surface area contributed by atoms with E-state index in [0.29, 0.717) is 75.9 Å². The Morgan fingerprint density at radius 2 is 0.982 bits per heavy atom. The van der Waals surface area contributed by atoms with Gasteiger partial charge in [0.15, 0.2) is 0 Å². The summed E-state index contributed by atoms with van der Waals surface area (Å²) in [5.74, 6) is 0.230. The Bertz CT molecular complexity index is 3490. The standard InChI is InChI=1S/C34H47N5O6S.C20H34N2O2.C14H29NO2.C10H22N2O2.C7H6O.C3H6O.CH4/c1-5-15-38(16-8-6-7-14-36-33(42)45-34(2,3)4)32(41)28-17-27-13-12-26(19-30(27)37-31(35)20-28)25-10-9-11-29(18-25)46(43,44)39-21-24(22-39)23-40;1-5-15-22(17-18-12-8-6-9-13-18)16-11-7-10-14-21-19(23)24-20(2,3)4;1-5-6-7-8-9-10-11-12-15-13(16)17-14(2,3)4;1-10(2,3)14-9(13)12-8-6-4-5-7-11;8-6-7-4-2-1-3-5-7;1-2-3-4;/h9-13,17-19,24,40H,5-8,14-16,20-23H2,1-4H3,(H2,35,37)(H,36,42);6,8-9,12-13H,5,7,10-11,14-17H2,1-4H3,(H,21,23);5-12H2,1-4H3,(H,15,16);4-8,11H2,1-3H3,(H,12,13);1-6H;3H,2H2,1H3;1H4. The summed E-state index contributed by atoms with van der Waals surface area (Å²) in [6.07, 6.45) is 22.5. The second-order valence-electron chi connectivity index (χ2n) is 32.1. The monoisotopic (exact) mass is 1610 g/mol. The SMILES string of the molecule is C.CC(C)(C)OC(=O)NCCCCCN.CCC=O.CCCCCCCCCNC(=O)OC(C)(C)C.CCCN(CCCCCNC(=O)OC(C)(C)C)C(=O)C1=Cc2ccc(-c3cccc(S(=O)(=O)N4CC(CO)C4)c3)cc2N=C(N)C1.CCCN(CCCCCNC(=O)OC(C)(C)C)Cc1ccccc1.O=Cc1ccccc1. The van der Waals surface area contributed by atoms with E-state index in [1.165, 1.54) is 54.8 Å². The molecule has 644 valence electrons. The summed E-state index contributed by atoms with van der Waals surface area (Å²) in [4.78, 5) is 87.9. The molecule has 0 aromatic heterocycles. The second-order valence-corrected chi connectivity index (χ2v) is 34.0. The van der Waals surface area contributed by atoms with Gasteiger partial charge in [-0.2, -0.15) is 4.31 Å². The van der Waals surface area contributed by atoms with Gasteiger partial charge in [0.25, 0.3) is 0 Å². The van der Waals surface area contributed by atoms with E-state index in [2.05, 4.69) is 75.3 Å². The van der Waals surface area contributed by atoms with E-state index < -0.39 is 38.5 Å². The molecule has 4 aromatic rings. The van der Waals surface area contributed by atoms with Crippen LogP contribution in [-0.4, -0.2) is 177 Å². The highest BCUT2D eigenvalue weighted by Crippen LogP contribution is 2.34. The number of sulfonamides is 1. The van der Waals surface area contributed by atoms with Gasteiger partial charge in [0.05, 0.1) is 10.6 Å². The molecule has 0 aliphatic carbocycles. The average Bonchev–Trinajstić information content (AvgIpc) is 0.994. The predicted octanol–water partition coefficient (Wildman–Crippen LogP) is 17.9. The molecule has 6 rings (SSSR count). The summed E-state index contributed by atoms with van der Waals surface area (Å²) in [5.41, 5.74) is 15.4. The number of aliphatic hydroxyl groups is 1. The van der Waals surface area contributed by atoms with Crippen LogP contribution in [0.5, 0.6) is 0 Å². The molecule has 1 fully saturated rings. The van der Waals surface area contributed by atoms with Gasteiger partial charge in [-0.05, 0) is 208 Å². The maximum absolute atomic E-state index is 13.7. The highest BCUT2D eigenvalue weighted by molar-refractivity contribution is 7.89. The largest absolute Gasteiger partial charge is 0.444 e. The molecule has 0 saturated carbocycles. The van der Waals surface area contributed by atoms with Crippen LogP contribution < -0.4 is 32.7 Å². The third-order valence-electron chi connectivity index (χ3n) is 16.5. The first kappa shape index (κ1) is 106. The van der Waals surface area contributed by atoms with Crippen LogP contribution in [0, 0.1) is 5.92 Å². The van der Waals surface area contributed by atoms with Crippen molar-refractivity contribution in [2.24, 2.45) is 22.4 Å². The Hall–Kier alpha value is -8.23. The molecule has 4 aromatic carbocycles. The molecule has 25 heteroatoms. The number of alkyl carbamates (subject to hydrolysis) is 4. The second kappa shape index (κ2) is 59.4. The molecule has 2 heterocycles. The molecule has 2 aliphatic heterocycles. The van der Waals surface area contributed by atoms with Gasteiger partial charge in [-0.1, -0.05) is 171 Å². The van der Waals surface area contributed by atoms with Crippen molar-refractivity contribution >= 4 is 70.5 Å². The number of amidine groups is 1. The zero-order valence-corrected chi connectivity index (χ0v) is 72.4. The summed E-state index contributed by atoms with van der Waals surface area (Å²) < 4.78 is 48.3. The smallest absolute Gasteiger partial charge is 0.407 e. The minimum atomic E-state index is -3.66. The molecule has 24 nitrogen and oxygen atoms in total. The van der Waals surface area contributed by atoms with Crippen molar-refractivity contribution in [1.82, 2.24) is 35.4 Å². The summed E-state index contributed by atoms with van der Waals surface area (Å²) in [7, 11) is -3.66. The van der Waals surface area contributed by atoms with Crippen LogP contribution in [-0.2, 0) is 45.1 Å². The van der Waals surface area contributed by atoms with Gasteiger partial charge < -0.3 is 66.5 Å². The number of unbranched alkanes of at least 4 members (excludes halogenated alkanes) is 12. The average molecular weight is 1610 g/mol. The molecule has 1 saturated heterocycles. The molecule has 0 unspecified atom stereocenters. The number of aliphatic hydroxyl groups excluding tert-OH is 1. The number of nitrogens with two attached hydrogens (primary N) is 2. The highest BCUT2D eigenvalue weighted by Gasteiger charge is 2.36. The number of aldehydes is 2. The maximum atomic E-state index is 13.7. The number of ether oxygens (including phenoxy) is 4. The van der Waals surface area contributed by atoms with E-state index in [-0.39, 0.29) is 55.5 Å². The van der Waals surface area contributed by atoms with Gasteiger partial charge in [-0.25, -0.2) is 32.6 Å². The van der Waals surface area contributed by atoms with Crippen molar-refractivity contribution in [3.63, 3.8) is 0 Å². The van der Waals surface area contributed by atoms with Crippen LogP contribution in [0.15, 0.2) is 119 Å². The highest BCUT2D eigenvalue weighted by atomic mass is 32.2. The van der Waals surface area contributed by atoms with Crippen LogP contribution in [0.1, 0.15) is 268 Å². The fraction of sp³-hybridized carbons (Fsp3) is 0.618. The van der Waals surface area contributed by atoms with Crippen LogP contribution in [0.4, 0.5) is 24.9 Å². The van der Waals surface area contributed by atoms with Gasteiger partial charge in [-0.15, -0.1) is 0 Å². The van der Waals surface area contributed by atoms with E-state index >= 15 is 0 Å². The Morgan fingerprint density at radius 3 is 1.41 bits per heavy atom. The third kappa shape index (κ3) is 52.3. The lowest BCUT2D eigenvalue weighted by atomic mass is 10.0. The predicted molar refractivity (Wildman–Crippen MR) is 464 cm³/mol. The number of carbonyl (C=O) groups is 7. The minimum absolute atomic E-state index is 0. The zero-order chi connectivity index (χ0) is 84.7. The number of rotatable bonds is 38. The number of fused-ring (bicyclic) bond motifs is 1. The van der Waals surface area contributed by atoms with E-state index in [4.69, 9.17) is 30.4 Å². The molecule has 114 heavy (non-hydrogen) atoms. The van der Waals surface area contributed by atoms with Gasteiger partial charge >= 0.3 is 24.4 Å². The van der Waals surface area contributed by atoms with Gasteiger partial charge in [0, 0.05) is 101 Å². The lowest BCUT2D eigenvalue weighted by Crippen LogP contribution is -2.51. The van der Waals surface area contributed by atoms with E-state index in [0.717, 1.165) is 132 Å². The fourth-order valence-corrected chi connectivity index (χ4v) is 12.7. The van der Waals surface area contributed by atoms with Gasteiger partial charge in [0.2, 0.25) is 15.9 Å². The molecule has 0 radical (unpaired) electrons. The Balaban J connectivity index is 0.00000156. The number of aliphatic imine (C=N–C) groups is 1. The first-order valence-electron chi connectivity index (χ1n) is 40.9. The van der Waals surface area contributed by atoms with Crippen molar-refractivity contribution in [3.8, 4) is 11.1 Å². The molecule has 0 spiro atoms. The van der Waals surface area contributed by atoms with Crippen molar-refractivity contribution in [3.05, 3.63) is 125 Å². The number of benzene rings is 4. The van der Waals surface area contributed by atoms with Crippen molar-refractivity contribution < 1.29 is 66.0 Å². The number of hydrogen-bond acceptors (Lipinski definition) is 18. The zero-order valence-electron chi connectivity index (χ0n) is 71.6. The van der Waals surface area contributed by atoms with Crippen LogP contribution >= 0.6 is 0 Å². The first-order chi connectivity index (χ1) is 53.5. The number of hydrogen-bond donors (Lipinski definition) is 7. The number of nitrogens with zero attached hydrogens (tertiary/aromatic N) is 4. The molecule has 9 N–H and O–H groups in total. The van der Waals surface area contributed by atoms with Crippen molar-refractivity contribution in [2.45, 2.75) is 280 Å². The Labute approximate surface area is 686 Å². The van der Waals surface area contributed by atoms with Crippen LogP contribution in [0.3, 0.4) is 0 Å². The summed E-state index contributed by atoms with van der Waals surface area (Å²) >= 11 is 0. The van der Waals surface area contributed by atoms with Crippen molar-refractivity contribution in [2.75, 3.05) is 78.6 Å². The van der Waals surface area contributed by atoms with Gasteiger partial charge in [-0.3, -0.25) is 14.5 Å². The topological polar surface area (TPSA) is 333 Å². The molecule has 5 amide bonds. The van der Waals surface area contributed by atoms with E-state index in [9.17, 15) is 47.1 Å². The number of nitrogens with one attached hydrogen (secondary N) is 4. The Kier molecular flexibility index (Phi) is 55.1. The maximum Gasteiger partial charge on any atom is 0.407 e. The molecular formula is C89H148N10O14S. The number of carbonyl (C=O) groups excluding carboxylic acids is 7. The van der Waals surface area contributed by atoms with Crippen molar-refractivity contribution in [1.29, 1.82) is 0 Å². The van der Waals surface area contributed by atoms with Gasteiger partial charge in [0.1, 0.15) is 40.8 Å². The molecule has 0 atom stereocenters. The quantitative estimate of drug-likeness (QED) is 0.0125. The Morgan fingerprint density at radius 1 is 0.544 bits per heavy atom. The van der Waals surface area contributed by atoms with E-state index in [1.54, 1.807) is 30.3 Å². The molecule has 0 bridgehead atoms. The normalized spacial score (nSPS) is 12.6. The summed E-state index contributed by atoms with van der Waals surface area (Å²) in [6, 6.07) is 32.1. The summed E-state index contributed by atoms with van der Waals surface area (Å²) in [5, 5.41) is 20.3. The van der Waals surface area contributed by atoms with Crippen LogP contribution in [0.2, 0.25) is 0 Å². The molecular weight excluding hydrogens is 1470 g/mol. The fourth-order valence-electron chi connectivity index (χ4n) is 11.1. The van der Waals surface area contributed by atoms with Crippen LogP contribution in [0.25, 0.3) is 17.2 Å². The lowest BCUT2D eigenvalue weighted by molar-refractivity contribution is -0.127. The first-order valence-corrected chi connectivity index (χ1v) is 42.4. The molecule has 2 aliphatic rings. The summed E-state index contributed by atoms with van der Waals surface area (Å²) in [6.45, 7) is 38.9. The lowest BCUT2D eigenvalue weighted by Gasteiger charge is -2.36. The number of amides is 5. The minimum Gasteiger partial charge on any atom is -0.444 e. The van der Waals surface area contributed by atoms with E-state index in [1.807, 2.05) is 150 Å².